The van der Waals surface area contributed by atoms with Crippen LogP contribution in [0.15, 0.2) is 24.3 Å². The fraction of sp³-hybridized carbons (Fsp3) is 0.429. The molecule has 0 aromatic heterocycles. The molecule has 6 heteroatoms. The molecule has 0 bridgehead atoms. The summed E-state index contributed by atoms with van der Waals surface area (Å²) >= 11 is 0. The largest absolute Gasteiger partial charge is 0.484 e. The maximum absolute atomic E-state index is 11.7. The Hall–Kier alpha value is -2.08. The minimum atomic E-state index is -0.547. The zero-order chi connectivity index (χ0) is 15.2. The molecule has 0 radical (unpaired) electrons. The average Bonchev–Trinajstić information content (AvgIpc) is 2.34. The van der Waals surface area contributed by atoms with E-state index < -0.39 is 5.91 Å². The summed E-state index contributed by atoms with van der Waals surface area (Å²) in [5.41, 5.74) is 5.48. The zero-order valence-electron chi connectivity index (χ0n) is 12.0. The quantitative estimate of drug-likeness (QED) is 0.720. The number of primary amides is 1. The van der Waals surface area contributed by atoms with E-state index in [-0.39, 0.29) is 24.6 Å². The Kier molecular flexibility index (Phi) is 5.52. The SMILES string of the molecule is CC(C)(C)NCC(=O)Nc1cccc(OCC(N)=O)c1. The van der Waals surface area contributed by atoms with Crippen LogP contribution in [0.5, 0.6) is 5.75 Å². The lowest BCUT2D eigenvalue weighted by atomic mass is 10.1. The predicted octanol–water partition coefficient (Wildman–Crippen LogP) is 0.877. The van der Waals surface area contributed by atoms with Gasteiger partial charge in [0.2, 0.25) is 5.91 Å². The van der Waals surface area contributed by atoms with Gasteiger partial charge in [0.25, 0.3) is 5.91 Å². The van der Waals surface area contributed by atoms with Crippen molar-refractivity contribution in [3.05, 3.63) is 24.3 Å². The summed E-state index contributed by atoms with van der Waals surface area (Å²) in [6, 6.07) is 6.79. The Balaban J connectivity index is 2.53. The van der Waals surface area contributed by atoms with Gasteiger partial charge < -0.3 is 21.1 Å². The maximum Gasteiger partial charge on any atom is 0.255 e. The molecule has 6 nitrogen and oxygen atoms in total. The number of benzene rings is 1. The number of amides is 2. The number of carbonyl (C=O) groups excluding carboxylic acids is 2. The van der Waals surface area contributed by atoms with E-state index in [1.54, 1.807) is 24.3 Å². The molecule has 20 heavy (non-hydrogen) atoms. The van der Waals surface area contributed by atoms with Gasteiger partial charge in [-0.2, -0.15) is 0 Å². The molecule has 0 aliphatic rings. The van der Waals surface area contributed by atoms with Gasteiger partial charge in [-0.1, -0.05) is 6.07 Å². The summed E-state index contributed by atoms with van der Waals surface area (Å²) in [6.07, 6.45) is 0. The first kappa shape index (κ1) is 16.0. The van der Waals surface area contributed by atoms with Gasteiger partial charge in [-0.05, 0) is 32.9 Å². The van der Waals surface area contributed by atoms with Gasteiger partial charge in [0, 0.05) is 17.3 Å². The van der Waals surface area contributed by atoms with Gasteiger partial charge in [-0.25, -0.2) is 0 Å². The number of nitrogens with two attached hydrogens (primary N) is 1. The molecule has 0 spiro atoms. The smallest absolute Gasteiger partial charge is 0.255 e. The molecule has 0 saturated heterocycles. The van der Waals surface area contributed by atoms with E-state index in [0.29, 0.717) is 11.4 Å². The molecule has 2 amide bonds. The predicted molar refractivity (Wildman–Crippen MR) is 77.5 cm³/mol. The number of hydrogen-bond acceptors (Lipinski definition) is 4. The highest BCUT2D eigenvalue weighted by atomic mass is 16.5. The average molecular weight is 279 g/mol. The van der Waals surface area contributed by atoms with Crippen LogP contribution in [0.4, 0.5) is 5.69 Å². The van der Waals surface area contributed by atoms with Gasteiger partial charge >= 0.3 is 0 Å². The third kappa shape index (κ3) is 6.75. The molecule has 110 valence electrons. The van der Waals surface area contributed by atoms with Crippen LogP contribution >= 0.6 is 0 Å². The van der Waals surface area contributed by atoms with Crippen molar-refractivity contribution in [1.29, 1.82) is 0 Å². The lowest BCUT2D eigenvalue weighted by Crippen LogP contribution is -2.41. The number of carbonyl (C=O) groups is 2. The first-order valence-electron chi connectivity index (χ1n) is 6.32. The van der Waals surface area contributed by atoms with Crippen LogP contribution in [0.1, 0.15) is 20.8 Å². The highest BCUT2D eigenvalue weighted by Crippen LogP contribution is 2.17. The highest BCUT2D eigenvalue weighted by molar-refractivity contribution is 5.92. The van der Waals surface area contributed by atoms with Gasteiger partial charge in [0.1, 0.15) is 5.75 Å². The summed E-state index contributed by atoms with van der Waals surface area (Å²) in [5.74, 6) is -0.217. The van der Waals surface area contributed by atoms with Gasteiger partial charge in [-0.15, -0.1) is 0 Å². The molecule has 1 aromatic rings. The molecule has 1 rings (SSSR count). The normalized spacial score (nSPS) is 10.9. The summed E-state index contributed by atoms with van der Waals surface area (Å²) in [5, 5.41) is 5.84. The van der Waals surface area contributed by atoms with Crippen molar-refractivity contribution in [1.82, 2.24) is 5.32 Å². The molecule has 0 aliphatic heterocycles. The first-order chi connectivity index (χ1) is 9.26. The summed E-state index contributed by atoms with van der Waals surface area (Å²) in [6.45, 7) is 5.98. The van der Waals surface area contributed by atoms with E-state index in [1.165, 1.54) is 0 Å². The number of rotatable bonds is 6. The van der Waals surface area contributed by atoms with Crippen LogP contribution in [0.2, 0.25) is 0 Å². The number of nitrogens with one attached hydrogen (secondary N) is 2. The molecule has 0 fully saturated rings. The van der Waals surface area contributed by atoms with Crippen LogP contribution in [0.25, 0.3) is 0 Å². The van der Waals surface area contributed by atoms with Crippen molar-refractivity contribution in [3.63, 3.8) is 0 Å². The standard InChI is InChI=1S/C14H21N3O3/c1-14(2,3)16-8-13(19)17-10-5-4-6-11(7-10)20-9-12(15)18/h4-7,16H,8-9H2,1-3H3,(H2,15,18)(H,17,19). The summed E-state index contributed by atoms with van der Waals surface area (Å²) < 4.78 is 5.16. The Morgan fingerprint density at radius 1 is 1.30 bits per heavy atom. The third-order valence-corrected chi connectivity index (χ3v) is 2.28. The molecule has 1 aromatic carbocycles. The van der Waals surface area contributed by atoms with E-state index in [0.717, 1.165) is 0 Å². The van der Waals surface area contributed by atoms with Crippen molar-refractivity contribution in [2.75, 3.05) is 18.5 Å². The van der Waals surface area contributed by atoms with Crippen LogP contribution < -0.4 is 21.1 Å². The molecule has 0 saturated carbocycles. The zero-order valence-corrected chi connectivity index (χ0v) is 12.0. The molecular weight excluding hydrogens is 258 g/mol. The van der Waals surface area contributed by atoms with E-state index in [4.69, 9.17) is 10.5 Å². The highest BCUT2D eigenvalue weighted by Gasteiger charge is 2.11. The van der Waals surface area contributed by atoms with Crippen molar-refractivity contribution in [2.24, 2.45) is 5.73 Å². The molecule has 0 heterocycles. The van der Waals surface area contributed by atoms with Crippen LogP contribution in [-0.2, 0) is 9.59 Å². The maximum atomic E-state index is 11.7. The van der Waals surface area contributed by atoms with Gasteiger partial charge in [-0.3, -0.25) is 9.59 Å². The lowest BCUT2D eigenvalue weighted by molar-refractivity contribution is -0.120. The topological polar surface area (TPSA) is 93.4 Å². The second kappa shape index (κ2) is 6.91. The molecule has 0 aliphatic carbocycles. The minimum Gasteiger partial charge on any atom is -0.484 e. The molecule has 0 atom stereocenters. The summed E-state index contributed by atoms with van der Waals surface area (Å²) in [4.78, 5) is 22.4. The lowest BCUT2D eigenvalue weighted by Gasteiger charge is -2.20. The second-order valence-corrected chi connectivity index (χ2v) is 5.43. The monoisotopic (exact) mass is 279 g/mol. The molecule has 4 N–H and O–H groups in total. The van der Waals surface area contributed by atoms with Crippen molar-refractivity contribution >= 4 is 17.5 Å². The van der Waals surface area contributed by atoms with Gasteiger partial charge in [0.05, 0.1) is 6.54 Å². The van der Waals surface area contributed by atoms with Crippen LogP contribution in [0, 0.1) is 0 Å². The van der Waals surface area contributed by atoms with E-state index in [2.05, 4.69) is 10.6 Å². The number of ether oxygens (including phenoxy) is 1. The fourth-order valence-corrected chi connectivity index (χ4v) is 1.37. The summed E-state index contributed by atoms with van der Waals surface area (Å²) in [7, 11) is 0. The minimum absolute atomic E-state index is 0.121. The van der Waals surface area contributed by atoms with Crippen LogP contribution in [-0.4, -0.2) is 30.5 Å². The number of anilines is 1. The second-order valence-electron chi connectivity index (χ2n) is 5.43. The van der Waals surface area contributed by atoms with Gasteiger partial charge in [0.15, 0.2) is 6.61 Å². The Morgan fingerprint density at radius 3 is 2.60 bits per heavy atom. The Morgan fingerprint density at radius 2 is 2.00 bits per heavy atom. The Bertz CT molecular complexity index is 481. The fourth-order valence-electron chi connectivity index (χ4n) is 1.37. The molecular formula is C14H21N3O3. The van der Waals surface area contributed by atoms with Crippen molar-refractivity contribution in [2.45, 2.75) is 26.3 Å². The Labute approximate surface area is 118 Å². The van der Waals surface area contributed by atoms with E-state index in [9.17, 15) is 9.59 Å². The molecule has 0 unspecified atom stereocenters. The third-order valence-electron chi connectivity index (χ3n) is 2.28. The van der Waals surface area contributed by atoms with E-state index >= 15 is 0 Å². The van der Waals surface area contributed by atoms with Crippen LogP contribution in [0.3, 0.4) is 0 Å². The van der Waals surface area contributed by atoms with Crippen molar-refractivity contribution < 1.29 is 14.3 Å². The van der Waals surface area contributed by atoms with Crippen molar-refractivity contribution in [3.8, 4) is 5.75 Å². The van der Waals surface area contributed by atoms with E-state index in [1.807, 2.05) is 20.8 Å². The first-order valence-corrected chi connectivity index (χ1v) is 6.32. The number of hydrogen-bond donors (Lipinski definition) is 3.